The molecule has 0 saturated carbocycles. The number of carbonyl (C=O) groups excluding carboxylic acids is 1. The molecule has 0 unspecified atom stereocenters. The fourth-order valence-electron chi connectivity index (χ4n) is 4.49. The van der Waals surface area contributed by atoms with E-state index in [-0.39, 0.29) is 31.0 Å². The van der Waals surface area contributed by atoms with Crippen LogP contribution in [0, 0.1) is 11.2 Å². The molecule has 3 N–H and O–H groups in total. The smallest absolute Gasteiger partial charge is 0.230 e. The van der Waals surface area contributed by atoms with Crippen LogP contribution in [0.1, 0.15) is 39.3 Å². The van der Waals surface area contributed by atoms with E-state index in [9.17, 15) is 9.18 Å². The second-order valence-corrected chi connectivity index (χ2v) is 10.6. The maximum atomic E-state index is 13.7. The van der Waals surface area contributed by atoms with Crippen molar-refractivity contribution >= 4 is 18.1 Å². The van der Waals surface area contributed by atoms with E-state index in [1.165, 1.54) is 12.1 Å². The van der Waals surface area contributed by atoms with E-state index in [2.05, 4.69) is 30.5 Å². The lowest BCUT2D eigenvalue weighted by Crippen LogP contribution is -2.50. The van der Waals surface area contributed by atoms with Gasteiger partial charge in [0.05, 0.1) is 42.4 Å². The van der Waals surface area contributed by atoms with Crippen LogP contribution in [0.3, 0.4) is 0 Å². The van der Waals surface area contributed by atoms with Crippen molar-refractivity contribution in [3.8, 4) is 22.6 Å². The fourth-order valence-corrected chi connectivity index (χ4v) is 4.49. The van der Waals surface area contributed by atoms with E-state index in [1.54, 1.807) is 24.4 Å². The van der Waals surface area contributed by atoms with Gasteiger partial charge >= 0.3 is 0 Å². The summed E-state index contributed by atoms with van der Waals surface area (Å²) in [6, 6.07) is 7.90. The SMILES string of the molecule is CC(C)NC(=O)C1(C)COC(c2nc(-c3ccc(F)cc3)c(-c3ccnc(NCCCN4CC=NC4)n3)[nH]2)OC1. The van der Waals surface area contributed by atoms with Crippen molar-refractivity contribution < 1.29 is 18.7 Å². The Morgan fingerprint density at radius 2 is 1.98 bits per heavy atom. The van der Waals surface area contributed by atoms with Gasteiger partial charge in [0.2, 0.25) is 18.1 Å². The summed E-state index contributed by atoms with van der Waals surface area (Å²) >= 11 is 0. The van der Waals surface area contributed by atoms with Gasteiger partial charge in [-0.25, -0.2) is 19.3 Å². The highest BCUT2D eigenvalue weighted by Gasteiger charge is 2.41. The summed E-state index contributed by atoms with van der Waals surface area (Å²) in [5, 5.41) is 6.21. The Kier molecular flexibility index (Phi) is 8.48. The number of aliphatic imine (C=N–C) groups is 1. The first-order valence-electron chi connectivity index (χ1n) is 13.5. The van der Waals surface area contributed by atoms with Crippen LogP contribution in [0.5, 0.6) is 0 Å². The molecule has 0 bridgehead atoms. The number of benzene rings is 1. The van der Waals surface area contributed by atoms with Gasteiger partial charge in [0.1, 0.15) is 5.82 Å². The van der Waals surface area contributed by atoms with Gasteiger partial charge in [-0.1, -0.05) is 0 Å². The molecular formula is C28H35FN8O3. The molecule has 2 aliphatic heterocycles. The largest absolute Gasteiger partial charge is 0.354 e. The first-order chi connectivity index (χ1) is 19.3. The molecule has 4 heterocycles. The van der Waals surface area contributed by atoms with Crippen molar-refractivity contribution in [2.24, 2.45) is 10.4 Å². The van der Waals surface area contributed by atoms with Crippen molar-refractivity contribution in [2.75, 3.05) is 44.8 Å². The third-order valence-corrected chi connectivity index (χ3v) is 6.73. The maximum Gasteiger partial charge on any atom is 0.230 e. The zero-order chi connectivity index (χ0) is 28.1. The summed E-state index contributed by atoms with van der Waals surface area (Å²) in [5.74, 6) is 0.464. The Labute approximate surface area is 232 Å². The summed E-state index contributed by atoms with van der Waals surface area (Å²) in [5.41, 5.74) is 1.70. The molecule has 5 rings (SSSR count). The van der Waals surface area contributed by atoms with Crippen LogP contribution in [0.4, 0.5) is 10.3 Å². The highest BCUT2D eigenvalue weighted by Crippen LogP contribution is 2.35. The molecule has 1 fully saturated rings. The second-order valence-electron chi connectivity index (χ2n) is 10.6. The number of aromatic amines is 1. The van der Waals surface area contributed by atoms with Crippen LogP contribution < -0.4 is 10.6 Å². The summed E-state index contributed by atoms with van der Waals surface area (Å²) in [4.78, 5) is 36.3. The predicted molar refractivity (Wildman–Crippen MR) is 149 cm³/mol. The molecule has 1 saturated heterocycles. The molecular weight excluding hydrogens is 515 g/mol. The lowest BCUT2D eigenvalue weighted by Gasteiger charge is -2.35. The van der Waals surface area contributed by atoms with Crippen molar-refractivity contribution in [1.29, 1.82) is 0 Å². The second kappa shape index (κ2) is 12.2. The van der Waals surface area contributed by atoms with Crippen LogP contribution >= 0.6 is 0 Å². The Bertz CT molecular complexity index is 1330. The first-order valence-corrected chi connectivity index (χ1v) is 13.5. The van der Waals surface area contributed by atoms with Gasteiger partial charge in [-0.05, 0) is 57.5 Å². The van der Waals surface area contributed by atoms with E-state index < -0.39 is 11.7 Å². The summed E-state index contributed by atoms with van der Waals surface area (Å²) in [6.07, 6.45) is 3.74. The number of rotatable bonds is 10. The first kappa shape index (κ1) is 27.8. The minimum absolute atomic E-state index is 0.0138. The number of aromatic nitrogens is 4. The standard InChI is InChI=1S/C28H35FN8O3/c1-18(2)33-26(38)28(3)15-39-25(40-16-28)24-35-22(19-5-7-20(29)8-6-19)23(36-24)21-9-11-32-27(34-21)31-10-4-13-37-14-12-30-17-37/h5-9,11-12,18,25H,4,10,13-17H2,1-3H3,(H,33,38)(H,35,36)(H,31,32,34). The third kappa shape index (κ3) is 6.52. The molecule has 12 heteroatoms. The normalized spacial score (nSPS) is 21.2. The van der Waals surface area contributed by atoms with Crippen LogP contribution in [-0.2, 0) is 14.3 Å². The average molecular weight is 551 g/mol. The highest BCUT2D eigenvalue weighted by molar-refractivity contribution is 5.83. The highest BCUT2D eigenvalue weighted by atomic mass is 19.1. The molecule has 0 aliphatic carbocycles. The lowest BCUT2D eigenvalue weighted by atomic mass is 9.90. The molecule has 1 amide bonds. The number of carbonyl (C=O) groups is 1. The van der Waals surface area contributed by atoms with Gasteiger partial charge in [0.25, 0.3) is 0 Å². The molecule has 0 spiro atoms. The zero-order valence-corrected chi connectivity index (χ0v) is 23.0. The molecule has 0 radical (unpaired) electrons. The van der Waals surface area contributed by atoms with Crippen molar-refractivity contribution in [1.82, 2.24) is 30.2 Å². The lowest BCUT2D eigenvalue weighted by molar-refractivity contribution is -0.231. The molecule has 2 aliphatic rings. The van der Waals surface area contributed by atoms with Gasteiger partial charge < -0.3 is 25.1 Å². The Morgan fingerprint density at radius 1 is 1.20 bits per heavy atom. The molecule has 212 valence electrons. The number of hydrogen-bond donors (Lipinski definition) is 3. The molecule has 0 atom stereocenters. The molecule has 2 aromatic heterocycles. The zero-order valence-electron chi connectivity index (χ0n) is 23.0. The number of nitrogens with one attached hydrogen (secondary N) is 3. The van der Waals surface area contributed by atoms with Gasteiger partial charge in [-0.3, -0.25) is 14.7 Å². The number of nitrogens with zero attached hydrogens (tertiary/aromatic N) is 5. The fraction of sp³-hybridized carbons (Fsp3) is 0.464. The van der Waals surface area contributed by atoms with E-state index >= 15 is 0 Å². The number of H-pyrrole nitrogens is 1. The number of ether oxygens (including phenoxy) is 2. The molecule has 3 aromatic rings. The van der Waals surface area contributed by atoms with Crippen LogP contribution in [0.25, 0.3) is 22.6 Å². The number of anilines is 1. The minimum atomic E-state index is -0.814. The van der Waals surface area contributed by atoms with Crippen molar-refractivity contribution in [3.63, 3.8) is 0 Å². The van der Waals surface area contributed by atoms with E-state index in [1.807, 2.05) is 27.0 Å². The van der Waals surface area contributed by atoms with Gasteiger partial charge in [0.15, 0.2) is 5.82 Å². The van der Waals surface area contributed by atoms with Gasteiger partial charge in [-0.2, -0.15) is 0 Å². The maximum absolute atomic E-state index is 13.7. The topological polar surface area (TPSA) is 130 Å². The summed E-state index contributed by atoms with van der Waals surface area (Å²) < 4.78 is 25.7. The molecule has 40 heavy (non-hydrogen) atoms. The Morgan fingerprint density at radius 3 is 2.67 bits per heavy atom. The van der Waals surface area contributed by atoms with E-state index in [4.69, 9.17) is 19.4 Å². The van der Waals surface area contributed by atoms with E-state index in [0.29, 0.717) is 41.0 Å². The van der Waals surface area contributed by atoms with Gasteiger partial charge in [-0.15, -0.1) is 0 Å². The van der Waals surface area contributed by atoms with Crippen molar-refractivity contribution in [2.45, 2.75) is 39.5 Å². The Balaban J connectivity index is 1.34. The monoisotopic (exact) mass is 550 g/mol. The number of halogens is 1. The molecule has 1 aromatic carbocycles. The summed E-state index contributed by atoms with van der Waals surface area (Å²) in [7, 11) is 0. The van der Waals surface area contributed by atoms with Crippen LogP contribution in [0.15, 0.2) is 41.5 Å². The van der Waals surface area contributed by atoms with Gasteiger partial charge in [0, 0.05) is 43.7 Å². The van der Waals surface area contributed by atoms with Crippen LogP contribution in [0.2, 0.25) is 0 Å². The quantitative estimate of drug-likeness (QED) is 0.328. The predicted octanol–water partition coefficient (Wildman–Crippen LogP) is 3.40. The number of imidazole rings is 1. The van der Waals surface area contributed by atoms with E-state index in [0.717, 1.165) is 26.2 Å². The summed E-state index contributed by atoms with van der Waals surface area (Å²) in [6.45, 7) is 9.26. The minimum Gasteiger partial charge on any atom is -0.354 e. The third-order valence-electron chi connectivity index (χ3n) is 6.73. The average Bonchev–Trinajstić information content (AvgIpc) is 3.63. The molecule has 11 nitrogen and oxygen atoms in total. The van der Waals surface area contributed by atoms with Crippen LogP contribution in [-0.4, -0.2) is 82.5 Å². The van der Waals surface area contributed by atoms with Crippen molar-refractivity contribution in [3.05, 3.63) is 48.2 Å². The Hall–Kier alpha value is -3.74. The number of hydrogen-bond acceptors (Lipinski definition) is 9. The number of amides is 1.